The molecule has 0 spiro atoms. The molecule has 1 amide bonds. The summed E-state index contributed by atoms with van der Waals surface area (Å²) in [5.41, 5.74) is 1.75. The van der Waals surface area contributed by atoms with Crippen molar-refractivity contribution in [2.45, 2.75) is 13.3 Å². The summed E-state index contributed by atoms with van der Waals surface area (Å²) in [6.07, 6.45) is 0.521. The van der Waals surface area contributed by atoms with Crippen molar-refractivity contribution in [2.75, 3.05) is 14.1 Å². The molecule has 0 aliphatic rings. The van der Waals surface area contributed by atoms with Gasteiger partial charge in [0, 0.05) is 55.5 Å². The van der Waals surface area contributed by atoms with Gasteiger partial charge >= 0.3 is 11.7 Å². The van der Waals surface area contributed by atoms with Crippen LogP contribution in [0.3, 0.4) is 0 Å². The number of fused-ring (bicyclic) bond motifs is 1. The summed E-state index contributed by atoms with van der Waals surface area (Å²) < 4.78 is 41.5. The number of rotatable bonds is 6. The molecule has 0 saturated carbocycles. The first-order valence-electron chi connectivity index (χ1n) is 12.7. The maximum atomic E-state index is 15.8. The molecule has 0 radical (unpaired) electrons. The predicted octanol–water partition coefficient (Wildman–Crippen LogP) is 6.59. The highest BCUT2D eigenvalue weighted by Gasteiger charge is 2.20. The van der Waals surface area contributed by atoms with E-state index in [1.54, 1.807) is 6.92 Å². The van der Waals surface area contributed by atoms with Crippen molar-refractivity contribution in [2.24, 2.45) is 4.99 Å². The fraction of sp³-hybridized carbons (Fsp3) is 0.125. The number of aromatic nitrogens is 1. The highest BCUT2D eigenvalue weighted by Crippen LogP contribution is 2.30. The maximum Gasteiger partial charge on any atom is 0.414 e. The van der Waals surface area contributed by atoms with E-state index in [0.29, 0.717) is 5.71 Å². The molecule has 0 saturated heterocycles. The number of carbonyl (C=O) groups is 1. The number of benzene rings is 3. The number of pyridine rings is 1. The van der Waals surface area contributed by atoms with Gasteiger partial charge in [0.05, 0.1) is 11.1 Å². The quantitative estimate of drug-likeness (QED) is 0.175. The Morgan fingerprint density at radius 3 is 2.22 bits per heavy atom. The maximum absolute atomic E-state index is 15.8. The van der Waals surface area contributed by atoms with Gasteiger partial charge in [0.15, 0.2) is 11.6 Å². The summed E-state index contributed by atoms with van der Waals surface area (Å²) in [4.78, 5) is 34.8. The normalized spacial score (nSPS) is 10.9. The number of hydrogen-bond donors (Lipinski definition) is 0. The second kappa shape index (κ2) is 11.5. The average molecular weight is 554 g/mol. The lowest BCUT2D eigenvalue weighted by Gasteiger charge is -2.13. The van der Waals surface area contributed by atoms with Crippen LogP contribution in [0.15, 0.2) is 99.3 Å². The lowest BCUT2D eigenvalue weighted by molar-refractivity contribution is 0.172. The predicted molar refractivity (Wildman–Crippen MR) is 152 cm³/mol. The monoisotopic (exact) mass is 553 g/mol. The smallest absolute Gasteiger partial charge is 0.414 e. The SMILES string of the molecule is Cc1c(Cc2ccnc(N=C(c3ccccc3)c3ccccc3)c2F)c(=O)oc2cc(OC(=O)N(C)C)cc(F)c12. The minimum absolute atomic E-state index is 0.0346. The Labute approximate surface area is 234 Å². The van der Waals surface area contributed by atoms with Crippen molar-refractivity contribution < 1.29 is 22.7 Å². The molecule has 7 nitrogen and oxygen atoms in total. The van der Waals surface area contributed by atoms with E-state index in [1.807, 2.05) is 60.7 Å². The van der Waals surface area contributed by atoms with E-state index < -0.39 is 23.4 Å². The van der Waals surface area contributed by atoms with Gasteiger partial charge in [-0.15, -0.1) is 0 Å². The Morgan fingerprint density at radius 2 is 1.61 bits per heavy atom. The minimum Gasteiger partial charge on any atom is -0.422 e. The topological polar surface area (TPSA) is 85.0 Å². The first-order valence-corrected chi connectivity index (χ1v) is 12.7. The van der Waals surface area contributed by atoms with Crippen molar-refractivity contribution in [3.8, 4) is 5.75 Å². The molecule has 41 heavy (non-hydrogen) atoms. The van der Waals surface area contributed by atoms with Crippen molar-refractivity contribution in [3.63, 3.8) is 0 Å². The van der Waals surface area contributed by atoms with Crippen molar-refractivity contribution in [3.05, 3.63) is 135 Å². The van der Waals surface area contributed by atoms with Gasteiger partial charge in [0.2, 0.25) is 0 Å². The second-order valence-corrected chi connectivity index (χ2v) is 9.51. The van der Waals surface area contributed by atoms with E-state index in [4.69, 9.17) is 9.15 Å². The van der Waals surface area contributed by atoms with E-state index in [1.165, 1.54) is 37.3 Å². The third kappa shape index (κ3) is 5.74. The van der Waals surface area contributed by atoms with E-state index in [-0.39, 0.29) is 45.6 Å². The Morgan fingerprint density at radius 1 is 0.976 bits per heavy atom. The number of aliphatic imine (C=N–C) groups is 1. The van der Waals surface area contributed by atoms with Crippen LogP contribution in [-0.2, 0) is 6.42 Å². The zero-order chi connectivity index (χ0) is 29.1. The molecule has 9 heteroatoms. The van der Waals surface area contributed by atoms with Crippen molar-refractivity contribution in [1.82, 2.24) is 9.88 Å². The Bertz CT molecular complexity index is 1790. The molecular weight excluding hydrogens is 528 g/mol. The average Bonchev–Trinajstić information content (AvgIpc) is 2.96. The van der Waals surface area contributed by atoms with Gasteiger partial charge in [-0.05, 0) is 24.1 Å². The van der Waals surface area contributed by atoms with Crippen LogP contribution in [0.1, 0.15) is 27.8 Å². The third-order valence-electron chi connectivity index (χ3n) is 6.50. The standard InChI is InChI=1S/C32H25F2N3O4/c1-19-24(31(38)41-26-18-23(17-25(33)27(19)26)40-32(39)37(2)3)16-22-14-15-35-30(28(22)34)36-29(20-10-6-4-7-11-20)21-12-8-5-9-13-21/h4-15,17-18H,16H2,1-3H3. The molecule has 0 atom stereocenters. The number of carbonyl (C=O) groups excluding carboxylic acids is 1. The number of aryl methyl sites for hydroxylation is 1. The highest BCUT2D eigenvalue weighted by molar-refractivity contribution is 6.13. The highest BCUT2D eigenvalue weighted by atomic mass is 19.1. The summed E-state index contributed by atoms with van der Waals surface area (Å²) in [7, 11) is 2.96. The molecule has 3 aromatic carbocycles. The zero-order valence-corrected chi connectivity index (χ0v) is 22.5. The Hall–Kier alpha value is -5.18. The van der Waals surface area contributed by atoms with Crippen LogP contribution < -0.4 is 10.4 Å². The molecule has 0 fully saturated rings. The van der Waals surface area contributed by atoms with Crippen LogP contribution in [0, 0.1) is 18.6 Å². The van der Waals surface area contributed by atoms with Gasteiger partial charge in [0.25, 0.3) is 0 Å². The Kier molecular flexibility index (Phi) is 7.69. The Balaban J connectivity index is 1.55. The van der Waals surface area contributed by atoms with Gasteiger partial charge in [-0.1, -0.05) is 60.7 Å². The number of nitrogens with zero attached hydrogens (tertiary/aromatic N) is 3. The molecule has 206 valence electrons. The van der Waals surface area contributed by atoms with Gasteiger partial charge in [-0.2, -0.15) is 0 Å². The molecule has 2 heterocycles. The van der Waals surface area contributed by atoms with E-state index in [0.717, 1.165) is 17.2 Å². The van der Waals surface area contributed by atoms with Crippen LogP contribution in [-0.4, -0.2) is 35.8 Å². The largest absolute Gasteiger partial charge is 0.422 e. The van der Waals surface area contributed by atoms with Crippen LogP contribution >= 0.6 is 0 Å². The zero-order valence-electron chi connectivity index (χ0n) is 22.5. The summed E-state index contributed by atoms with van der Waals surface area (Å²) >= 11 is 0. The molecule has 5 aromatic rings. The molecule has 0 aliphatic heterocycles. The summed E-state index contributed by atoms with van der Waals surface area (Å²) in [5.74, 6) is -1.71. The van der Waals surface area contributed by atoms with E-state index in [2.05, 4.69) is 9.98 Å². The minimum atomic E-state index is -0.763. The van der Waals surface area contributed by atoms with Gasteiger partial charge in [-0.3, -0.25) is 0 Å². The van der Waals surface area contributed by atoms with Crippen LogP contribution in [0.2, 0.25) is 0 Å². The molecule has 0 aliphatic carbocycles. The molecule has 5 rings (SSSR count). The van der Waals surface area contributed by atoms with Gasteiger partial charge < -0.3 is 14.1 Å². The molecule has 2 aromatic heterocycles. The second-order valence-electron chi connectivity index (χ2n) is 9.51. The molecule has 0 N–H and O–H groups in total. The number of hydrogen-bond acceptors (Lipinski definition) is 6. The fourth-order valence-electron chi connectivity index (χ4n) is 4.39. The van der Waals surface area contributed by atoms with E-state index >= 15 is 8.78 Å². The number of halogens is 2. The van der Waals surface area contributed by atoms with E-state index in [9.17, 15) is 9.59 Å². The first kappa shape index (κ1) is 27.4. The van der Waals surface area contributed by atoms with Crippen molar-refractivity contribution >= 4 is 28.6 Å². The number of amides is 1. The summed E-state index contributed by atoms with van der Waals surface area (Å²) in [6, 6.07) is 22.5. The first-order chi connectivity index (χ1) is 19.7. The van der Waals surface area contributed by atoms with Crippen LogP contribution in [0.5, 0.6) is 5.75 Å². The van der Waals surface area contributed by atoms with Crippen LogP contribution in [0.4, 0.5) is 19.4 Å². The van der Waals surface area contributed by atoms with Crippen molar-refractivity contribution in [1.29, 1.82) is 0 Å². The summed E-state index contributed by atoms with van der Waals surface area (Å²) in [6.45, 7) is 1.56. The summed E-state index contributed by atoms with van der Waals surface area (Å²) in [5, 5.41) is 0.0346. The number of ether oxygens (including phenoxy) is 1. The van der Waals surface area contributed by atoms with Gasteiger partial charge in [-0.25, -0.2) is 28.3 Å². The molecule has 0 bridgehead atoms. The van der Waals surface area contributed by atoms with Gasteiger partial charge in [0.1, 0.15) is 17.1 Å². The fourth-order valence-corrected chi connectivity index (χ4v) is 4.39. The molecule has 0 unspecified atom stereocenters. The third-order valence-corrected chi connectivity index (χ3v) is 6.50. The lowest BCUT2D eigenvalue weighted by Crippen LogP contribution is -2.25. The lowest BCUT2D eigenvalue weighted by atomic mass is 9.99. The molecular formula is C32H25F2N3O4. The van der Waals surface area contributed by atoms with Crippen LogP contribution in [0.25, 0.3) is 11.0 Å².